The quantitative estimate of drug-likeness (QED) is 0.489. The Morgan fingerprint density at radius 2 is 2.08 bits per heavy atom. The lowest BCUT2D eigenvalue weighted by atomic mass is 10.2. The van der Waals surface area contributed by atoms with E-state index in [9.17, 15) is 0 Å². The van der Waals surface area contributed by atoms with Crippen LogP contribution in [0.1, 0.15) is 5.56 Å². The first-order valence-corrected chi connectivity index (χ1v) is 3.57. The van der Waals surface area contributed by atoms with E-state index in [1.54, 1.807) is 6.08 Å². The normalized spacial score (nSPS) is 10.5. The van der Waals surface area contributed by atoms with Crippen LogP contribution in [0.3, 0.4) is 0 Å². The van der Waals surface area contributed by atoms with Gasteiger partial charge in [-0.05, 0) is 11.6 Å². The Bertz CT molecular complexity index is 308. The average molecular weight is 159 g/mol. The molecule has 60 valence electrons. The first kappa shape index (κ1) is 8.35. The third-order valence-corrected chi connectivity index (χ3v) is 1.43. The fraction of sp³-hybridized carbons (Fsp3) is 0.100. The molecule has 0 atom stereocenters. The van der Waals surface area contributed by atoms with Gasteiger partial charge in [0.2, 0.25) is 0 Å². The molecular weight excluding hydrogens is 150 g/mol. The fourth-order valence-electron chi connectivity index (χ4n) is 0.837. The molecule has 2 nitrogen and oxygen atoms in total. The second kappa shape index (κ2) is 4.20. The second-order valence-corrected chi connectivity index (χ2v) is 2.24. The molecule has 0 unspecified atom stereocenters. The number of ether oxygens (including phenoxy) is 1. The molecule has 0 bridgehead atoms. The molecule has 0 saturated heterocycles. The van der Waals surface area contributed by atoms with Crippen molar-refractivity contribution in [3.63, 3.8) is 0 Å². The molecule has 1 aromatic carbocycles. The minimum Gasteiger partial charge on any atom is -0.487 e. The van der Waals surface area contributed by atoms with Gasteiger partial charge in [-0.25, -0.2) is 0 Å². The number of rotatable bonds is 2. The summed E-state index contributed by atoms with van der Waals surface area (Å²) in [7, 11) is 1.48. The van der Waals surface area contributed by atoms with Crippen molar-refractivity contribution in [1.29, 1.82) is 5.26 Å². The number of nitriles is 1. The molecule has 0 N–H and O–H groups in total. The molecule has 0 spiro atoms. The topological polar surface area (TPSA) is 33.0 Å². The number of nitrogens with zero attached hydrogens (tertiary/aromatic N) is 1. The van der Waals surface area contributed by atoms with Gasteiger partial charge in [0.05, 0.1) is 7.11 Å². The summed E-state index contributed by atoms with van der Waals surface area (Å²) in [5, 5.41) is 8.54. The van der Waals surface area contributed by atoms with E-state index >= 15 is 0 Å². The van der Waals surface area contributed by atoms with Crippen LogP contribution in [0.4, 0.5) is 0 Å². The molecule has 1 rings (SSSR count). The summed E-state index contributed by atoms with van der Waals surface area (Å²) in [6.45, 7) is 0. The Morgan fingerprint density at radius 3 is 2.58 bits per heavy atom. The van der Waals surface area contributed by atoms with Crippen LogP contribution >= 0.6 is 0 Å². The Balaban J connectivity index is 2.88. The van der Waals surface area contributed by atoms with E-state index in [0.717, 1.165) is 5.56 Å². The summed E-state index contributed by atoms with van der Waals surface area (Å²) in [5.74, 6) is 0.321. The summed E-state index contributed by atoms with van der Waals surface area (Å²) in [6.07, 6.45) is 1.69. The summed E-state index contributed by atoms with van der Waals surface area (Å²) >= 11 is 0. The molecule has 0 amide bonds. The van der Waals surface area contributed by atoms with E-state index in [1.165, 1.54) is 7.11 Å². The molecular formula is C10H9NO. The minimum absolute atomic E-state index is 0.321. The van der Waals surface area contributed by atoms with Gasteiger partial charge in [-0.1, -0.05) is 30.3 Å². The molecule has 0 saturated carbocycles. The Labute approximate surface area is 71.7 Å². The highest BCUT2D eigenvalue weighted by molar-refractivity contribution is 5.54. The van der Waals surface area contributed by atoms with Gasteiger partial charge in [0.15, 0.2) is 5.76 Å². The van der Waals surface area contributed by atoms with Crippen LogP contribution in [0.5, 0.6) is 0 Å². The zero-order valence-corrected chi connectivity index (χ0v) is 6.82. The van der Waals surface area contributed by atoms with Gasteiger partial charge >= 0.3 is 0 Å². The van der Waals surface area contributed by atoms with E-state index in [4.69, 9.17) is 10.00 Å². The fourth-order valence-corrected chi connectivity index (χ4v) is 0.837. The molecule has 0 aliphatic carbocycles. The number of benzene rings is 1. The van der Waals surface area contributed by atoms with E-state index < -0.39 is 0 Å². The molecule has 2 heteroatoms. The first-order chi connectivity index (χ1) is 5.86. The molecule has 0 fully saturated rings. The first-order valence-electron chi connectivity index (χ1n) is 3.57. The maximum Gasteiger partial charge on any atom is 0.197 e. The SMILES string of the molecule is CO/C(C#N)=C\c1ccccc1. The van der Waals surface area contributed by atoms with Crippen LogP contribution in [0.15, 0.2) is 36.1 Å². The number of hydrogen-bond donors (Lipinski definition) is 0. The molecule has 12 heavy (non-hydrogen) atoms. The average Bonchev–Trinajstić information content (AvgIpc) is 2.16. The van der Waals surface area contributed by atoms with Gasteiger partial charge in [0.1, 0.15) is 6.07 Å². The highest BCUT2D eigenvalue weighted by Crippen LogP contribution is 2.05. The Kier molecular flexibility index (Phi) is 2.92. The van der Waals surface area contributed by atoms with E-state index in [1.807, 2.05) is 36.4 Å². The van der Waals surface area contributed by atoms with Crippen molar-refractivity contribution in [2.45, 2.75) is 0 Å². The van der Waals surface area contributed by atoms with Crippen molar-refractivity contribution >= 4 is 6.08 Å². The Hall–Kier alpha value is -1.75. The van der Waals surface area contributed by atoms with Crippen molar-refractivity contribution in [2.75, 3.05) is 7.11 Å². The van der Waals surface area contributed by atoms with Gasteiger partial charge in [-0.2, -0.15) is 5.26 Å². The minimum atomic E-state index is 0.321. The number of methoxy groups -OCH3 is 1. The molecule has 0 aliphatic heterocycles. The largest absolute Gasteiger partial charge is 0.487 e. The van der Waals surface area contributed by atoms with Crippen molar-refractivity contribution in [1.82, 2.24) is 0 Å². The molecule has 1 aromatic rings. The van der Waals surface area contributed by atoms with Gasteiger partial charge in [0.25, 0.3) is 0 Å². The van der Waals surface area contributed by atoms with Crippen LogP contribution in [-0.2, 0) is 4.74 Å². The zero-order chi connectivity index (χ0) is 8.81. The van der Waals surface area contributed by atoms with Crippen LogP contribution in [0, 0.1) is 11.3 Å². The second-order valence-electron chi connectivity index (χ2n) is 2.24. The highest BCUT2D eigenvalue weighted by Gasteiger charge is 1.91. The lowest BCUT2D eigenvalue weighted by Gasteiger charge is -1.95. The van der Waals surface area contributed by atoms with Crippen molar-refractivity contribution in [3.8, 4) is 6.07 Å². The predicted molar refractivity (Wildman–Crippen MR) is 47.0 cm³/mol. The monoisotopic (exact) mass is 159 g/mol. The highest BCUT2D eigenvalue weighted by atomic mass is 16.5. The van der Waals surface area contributed by atoms with E-state index in [0.29, 0.717) is 5.76 Å². The maximum absolute atomic E-state index is 8.54. The maximum atomic E-state index is 8.54. The van der Waals surface area contributed by atoms with Crippen LogP contribution in [-0.4, -0.2) is 7.11 Å². The standard InChI is InChI=1S/C10H9NO/c1-12-10(8-11)7-9-5-3-2-4-6-9/h2-7H,1H3/b10-7-. The third kappa shape index (κ3) is 2.14. The van der Waals surface area contributed by atoms with Crippen LogP contribution in [0.2, 0.25) is 0 Å². The van der Waals surface area contributed by atoms with Gasteiger partial charge in [-0.3, -0.25) is 0 Å². The Morgan fingerprint density at radius 1 is 1.42 bits per heavy atom. The zero-order valence-electron chi connectivity index (χ0n) is 6.82. The molecule has 0 aliphatic rings. The van der Waals surface area contributed by atoms with E-state index in [-0.39, 0.29) is 0 Å². The lowest BCUT2D eigenvalue weighted by Crippen LogP contribution is -1.81. The van der Waals surface area contributed by atoms with Gasteiger partial charge < -0.3 is 4.74 Å². The summed E-state index contributed by atoms with van der Waals surface area (Å²) in [6, 6.07) is 11.5. The van der Waals surface area contributed by atoms with Crippen LogP contribution in [0.25, 0.3) is 6.08 Å². The summed E-state index contributed by atoms with van der Waals surface area (Å²) in [4.78, 5) is 0. The van der Waals surface area contributed by atoms with Crippen molar-refractivity contribution in [3.05, 3.63) is 41.7 Å². The molecule has 0 aromatic heterocycles. The summed E-state index contributed by atoms with van der Waals surface area (Å²) < 4.78 is 4.80. The molecule has 0 heterocycles. The summed E-state index contributed by atoms with van der Waals surface area (Å²) in [5.41, 5.74) is 0.968. The predicted octanol–water partition coefficient (Wildman–Crippen LogP) is 2.20. The number of hydrogen-bond acceptors (Lipinski definition) is 2. The van der Waals surface area contributed by atoms with Crippen molar-refractivity contribution in [2.24, 2.45) is 0 Å². The van der Waals surface area contributed by atoms with Crippen molar-refractivity contribution < 1.29 is 4.74 Å². The van der Waals surface area contributed by atoms with Crippen LogP contribution < -0.4 is 0 Å². The molecule has 0 radical (unpaired) electrons. The number of allylic oxidation sites excluding steroid dienone is 1. The van der Waals surface area contributed by atoms with Gasteiger partial charge in [-0.15, -0.1) is 0 Å². The lowest BCUT2D eigenvalue weighted by molar-refractivity contribution is 0.314. The van der Waals surface area contributed by atoms with E-state index in [2.05, 4.69) is 0 Å². The third-order valence-electron chi connectivity index (χ3n) is 1.43. The smallest absolute Gasteiger partial charge is 0.197 e. The van der Waals surface area contributed by atoms with Gasteiger partial charge in [0, 0.05) is 0 Å².